The third kappa shape index (κ3) is 3.60. The first kappa shape index (κ1) is 13.2. The topological polar surface area (TPSA) is 44.1 Å². The molecule has 2 aliphatic rings. The van der Waals surface area contributed by atoms with Gasteiger partial charge in [0, 0.05) is 13.1 Å². The number of rotatable bonds is 6. The number of nitrogens with zero attached hydrogens (tertiary/aromatic N) is 2. The van der Waals surface area contributed by atoms with Crippen LogP contribution in [-0.4, -0.2) is 23.9 Å². The summed E-state index contributed by atoms with van der Waals surface area (Å²) in [6, 6.07) is 9.46. The quantitative estimate of drug-likeness (QED) is 0.796. The van der Waals surface area contributed by atoms with Crippen molar-refractivity contribution in [3.63, 3.8) is 0 Å². The Balaban J connectivity index is 1.60. The second-order valence-corrected chi connectivity index (χ2v) is 6.17. The second kappa shape index (κ2) is 5.66. The zero-order valence-corrected chi connectivity index (χ0v) is 11.7. The molecule has 0 atom stereocenters. The number of hydrogen-bond acceptors (Lipinski definition) is 2. The van der Waals surface area contributed by atoms with Gasteiger partial charge in [0.15, 0.2) is 0 Å². The van der Waals surface area contributed by atoms with Gasteiger partial charge in [0.25, 0.3) is 0 Å². The van der Waals surface area contributed by atoms with Gasteiger partial charge < -0.3 is 4.90 Å². The number of amides is 1. The molecule has 2 fully saturated rings. The van der Waals surface area contributed by atoms with E-state index in [1.807, 2.05) is 12.1 Å². The second-order valence-electron chi connectivity index (χ2n) is 6.17. The van der Waals surface area contributed by atoms with Crippen LogP contribution >= 0.6 is 0 Å². The molecule has 3 nitrogen and oxygen atoms in total. The van der Waals surface area contributed by atoms with Crippen molar-refractivity contribution in [2.45, 2.75) is 32.1 Å². The van der Waals surface area contributed by atoms with Gasteiger partial charge in [0.1, 0.15) is 0 Å². The van der Waals surface area contributed by atoms with E-state index in [1.54, 1.807) is 12.1 Å². The average molecular weight is 268 g/mol. The van der Waals surface area contributed by atoms with E-state index in [1.165, 1.54) is 25.7 Å². The molecule has 0 heterocycles. The summed E-state index contributed by atoms with van der Waals surface area (Å²) in [5.41, 5.74) is 1.65. The molecular formula is C17H20N2O. The van der Waals surface area contributed by atoms with Crippen LogP contribution in [0.15, 0.2) is 24.3 Å². The van der Waals surface area contributed by atoms with E-state index in [2.05, 4.69) is 11.0 Å². The molecule has 3 heteroatoms. The van der Waals surface area contributed by atoms with Crippen LogP contribution in [0.4, 0.5) is 0 Å². The van der Waals surface area contributed by atoms with Crippen molar-refractivity contribution in [2.75, 3.05) is 13.1 Å². The first-order chi connectivity index (χ1) is 9.74. The molecule has 0 bridgehead atoms. The van der Waals surface area contributed by atoms with E-state index in [4.69, 9.17) is 5.26 Å². The predicted molar refractivity (Wildman–Crippen MR) is 76.9 cm³/mol. The molecule has 104 valence electrons. The lowest BCUT2D eigenvalue weighted by molar-refractivity contribution is -0.131. The smallest absolute Gasteiger partial charge is 0.227 e. The van der Waals surface area contributed by atoms with Crippen LogP contribution in [-0.2, 0) is 11.2 Å². The predicted octanol–water partition coefficient (Wildman–Crippen LogP) is 2.75. The van der Waals surface area contributed by atoms with Gasteiger partial charge >= 0.3 is 0 Å². The fraction of sp³-hybridized carbons (Fsp3) is 0.529. The molecule has 0 unspecified atom stereocenters. The van der Waals surface area contributed by atoms with Crippen LogP contribution < -0.4 is 0 Å². The minimum absolute atomic E-state index is 0.244. The lowest BCUT2D eigenvalue weighted by atomic mass is 10.1. The number of carbonyl (C=O) groups is 1. The van der Waals surface area contributed by atoms with Crippen molar-refractivity contribution < 1.29 is 4.79 Å². The van der Waals surface area contributed by atoms with E-state index >= 15 is 0 Å². The van der Waals surface area contributed by atoms with Crippen LogP contribution in [0.25, 0.3) is 0 Å². The average Bonchev–Trinajstić information content (AvgIpc) is 3.34. The lowest BCUT2D eigenvalue weighted by Gasteiger charge is -2.22. The first-order valence-corrected chi connectivity index (χ1v) is 7.51. The zero-order valence-electron chi connectivity index (χ0n) is 11.7. The van der Waals surface area contributed by atoms with E-state index in [0.717, 1.165) is 30.5 Å². The molecule has 0 N–H and O–H groups in total. The zero-order chi connectivity index (χ0) is 13.9. The summed E-state index contributed by atoms with van der Waals surface area (Å²) in [4.78, 5) is 14.5. The third-order valence-electron chi connectivity index (χ3n) is 4.14. The lowest BCUT2D eigenvalue weighted by Crippen LogP contribution is -2.35. The van der Waals surface area contributed by atoms with Crippen LogP contribution in [0.1, 0.15) is 36.8 Å². The summed E-state index contributed by atoms with van der Waals surface area (Å²) in [5, 5.41) is 8.79. The summed E-state index contributed by atoms with van der Waals surface area (Å²) in [6.07, 6.45) is 5.60. The van der Waals surface area contributed by atoms with Crippen LogP contribution in [0.5, 0.6) is 0 Å². The van der Waals surface area contributed by atoms with Gasteiger partial charge in [-0.1, -0.05) is 12.1 Å². The first-order valence-electron chi connectivity index (χ1n) is 7.51. The monoisotopic (exact) mass is 268 g/mol. The maximum absolute atomic E-state index is 12.5. The highest BCUT2D eigenvalue weighted by atomic mass is 16.2. The summed E-state index contributed by atoms with van der Waals surface area (Å²) in [7, 11) is 0. The van der Waals surface area contributed by atoms with E-state index in [-0.39, 0.29) is 5.91 Å². The maximum atomic E-state index is 12.5. The highest BCUT2D eigenvalue weighted by Gasteiger charge is 2.31. The minimum Gasteiger partial charge on any atom is -0.342 e. The number of nitriles is 1. The molecular weight excluding hydrogens is 248 g/mol. The van der Waals surface area contributed by atoms with E-state index in [0.29, 0.717) is 12.0 Å². The van der Waals surface area contributed by atoms with E-state index < -0.39 is 0 Å². The van der Waals surface area contributed by atoms with Gasteiger partial charge in [-0.25, -0.2) is 0 Å². The minimum atomic E-state index is 0.244. The molecule has 1 amide bonds. The largest absolute Gasteiger partial charge is 0.342 e. The molecule has 0 radical (unpaired) electrons. The van der Waals surface area contributed by atoms with Crippen molar-refractivity contribution in [3.8, 4) is 6.07 Å². The Bertz CT molecular complexity index is 507. The normalized spacial score (nSPS) is 17.6. The van der Waals surface area contributed by atoms with Gasteiger partial charge in [0.2, 0.25) is 5.91 Å². The van der Waals surface area contributed by atoms with Crippen LogP contribution in [0, 0.1) is 23.2 Å². The summed E-state index contributed by atoms with van der Waals surface area (Å²) >= 11 is 0. The van der Waals surface area contributed by atoms with E-state index in [9.17, 15) is 4.79 Å². The maximum Gasteiger partial charge on any atom is 0.227 e. The highest BCUT2D eigenvalue weighted by molar-refractivity contribution is 5.79. The van der Waals surface area contributed by atoms with Crippen molar-refractivity contribution in [2.24, 2.45) is 11.8 Å². The molecule has 20 heavy (non-hydrogen) atoms. The van der Waals surface area contributed by atoms with Gasteiger partial charge in [-0.15, -0.1) is 0 Å². The molecule has 0 spiro atoms. The molecule has 0 saturated heterocycles. The fourth-order valence-electron chi connectivity index (χ4n) is 2.49. The summed E-state index contributed by atoms with van der Waals surface area (Å²) in [5.74, 6) is 1.74. The SMILES string of the molecule is N#Cc1ccc(CC(=O)N(CC2CC2)CC2CC2)cc1. The Morgan fingerprint density at radius 1 is 1.10 bits per heavy atom. The molecule has 1 aromatic carbocycles. The Morgan fingerprint density at radius 3 is 2.10 bits per heavy atom. The van der Waals surface area contributed by atoms with Crippen molar-refractivity contribution in [1.29, 1.82) is 5.26 Å². The van der Waals surface area contributed by atoms with Gasteiger partial charge in [0.05, 0.1) is 18.1 Å². The fourth-order valence-corrected chi connectivity index (χ4v) is 2.49. The molecule has 3 rings (SSSR count). The third-order valence-corrected chi connectivity index (χ3v) is 4.14. The van der Waals surface area contributed by atoms with Crippen molar-refractivity contribution in [3.05, 3.63) is 35.4 Å². The Hall–Kier alpha value is -1.82. The van der Waals surface area contributed by atoms with Crippen molar-refractivity contribution >= 4 is 5.91 Å². The standard InChI is InChI=1S/C17H20N2O/c18-10-14-3-1-13(2-4-14)9-17(20)19(11-15-5-6-15)12-16-7-8-16/h1-4,15-16H,5-9,11-12H2. The molecule has 0 aromatic heterocycles. The molecule has 1 aromatic rings. The van der Waals surface area contributed by atoms with Gasteiger partial charge in [-0.2, -0.15) is 5.26 Å². The molecule has 0 aliphatic heterocycles. The Kier molecular flexibility index (Phi) is 3.73. The van der Waals surface area contributed by atoms with Crippen LogP contribution in [0.3, 0.4) is 0 Å². The Morgan fingerprint density at radius 2 is 1.65 bits per heavy atom. The molecule has 2 saturated carbocycles. The van der Waals surface area contributed by atoms with Gasteiger partial charge in [-0.3, -0.25) is 4.79 Å². The summed E-state index contributed by atoms with van der Waals surface area (Å²) < 4.78 is 0. The Labute approximate surface area is 120 Å². The number of benzene rings is 1. The number of carbonyl (C=O) groups excluding carboxylic acids is 1. The van der Waals surface area contributed by atoms with Crippen molar-refractivity contribution in [1.82, 2.24) is 4.90 Å². The number of hydrogen-bond donors (Lipinski definition) is 0. The van der Waals surface area contributed by atoms with Gasteiger partial charge in [-0.05, 0) is 55.2 Å². The van der Waals surface area contributed by atoms with Crippen LogP contribution in [0.2, 0.25) is 0 Å². The molecule has 2 aliphatic carbocycles. The highest BCUT2D eigenvalue weighted by Crippen LogP contribution is 2.33. The summed E-state index contributed by atoms with van der Waals surface area (Å²) in [6.45, 7) is 1.90.